The van der Waals surface area contributed by atoms with E-state index in [0.29, 0.717) is 38.2 Å². The van der Waals surface area contributed by atoms with Crippen molar-refractivity contribution in [3.8, 4) is 22.9 Å². The maximum absolute atomic E-state index is 14.3. The van der Waals surface area contributed by atoms with Gasteiger partial charge < -0.3 is 15.2 Å². The lowest BCUT2D eigenvalue weighted by molar-refractivity contribution is -0.139. The molecule has 1 amide bonds. The van der Waals surface area contributed by atoms with E-state index in [0.717, 1.165) is 6.07 Å². The number of pyridine rings is 1. The molecule has 9 heteroatoms. The lowest BCUT2D eigenvalue weighted by Gasteiger charge is -2.18. The molecule has 36 heavy (non-hydrogen) atoms. The number of carboxylic acid groups (broad SMARTS) is 1. The van der Waals surface area contributed by atoms with Gasteiger partial charge in [0.2, 0.25) is 0 Å². The van der Waals surface area contributed by atoms with Crippen LogP contribution in [0.1, 0.15) is 21.5 Å². The number of nitriles is 1. The third-order valence-electron chi connectivity index (χ3n) is 5.70. The van der Waals surface area contributed by atoms with E-state index in [2.05, 4.69) is 10.3 Å². The first-order valence-electron chi connectivity index (χ1n) is 10.8. The van der Waals surface area contributed by atoms with Crippen LogP contribution in [-0.4, -0.2) is 35.1 Å². The number of hydrogen-bond donors (Lipinski definition) is 2. The van der Waals surface area contributed by atoms with Crippen LogP contribution in [0.3, 0.4) is 0 Å². The van der Waals surface area contributed by atoms with Crippen LogP contribution in [0.2, 0.25) is 5.02 Å². The highest BCUT2D eigenvalue weighted by Gasteiger charge is 2.26. The summed E-state index contributed by atoms with van der Waals surface area (Å²) < 4.78 is 19.4. The van der Waals surface area contributed by atoms with Crippen LogP contribution in [0.4, 0.5) is 4.39 Å². The molecule has 3 aromatic carbocycles. The summed E-state index contributed by atoms with van der Waals surface area (Å²) in [5.41, 5.74) is 2.61. The molecule has 0 spiro atoms. The summed E-state index contributed by atoms with van der Waals surface area (Å²) in [6.07, 6.45) is 1.52. The molecular weight excluding hydrogens is 485 g/mol. The fraction of sp³-hybridized carbons (Fsp3) is 0.111. The van der Waals surface area contributed by atoms with Gasteiger partial charge in [-0.15, -0.1) is 0 Å². The predicted molar refractivity (Wildman–Crippen MR) is 132 cm³/mol. The molecule has 1 heterocycles. The second-order valence-electron chi connectivity index (χ2n) is 7.86. The van der Waals surface area contributed by atoms with Gasteiger partial charge in [-0.1, -0.05) is 41.9 Å². The number of halogens is 2. The van der Waals surface area contributed by atoms with Crippen molar-refractivity contribution in [1.29, 1.82) is 5.26 Å². The highest BCUT2D eigenvalue weighted by Crippen LogP contribution is 2.35. The molecule has 0 aliphatic heterocycles. The molecule has 2 N–H and O–H groups in total. The molecule has 0 bridgehead atoms. The molecule has 180 valence electrons. The molecule has 0 fully saturated rings. The number of aliphatic carboxylic acids is 1. The number of nitrogens with one attached hydrogen (secondary N) is 1. The van der Waals surface area contributed by atoms with Crippen molar-refractivity contribution < 1.29 is 23.8 Å². The maximum atomic E-state index is 14.3. The van der Waals surface area contributed by atoms with Crippen LogP contribution >= 0.6 is 11.6 Å². The summed E-state index contributed by atoms with van der Waals surface area (Å²) in [7, 11) is 1.29. The minimum absolute atomic E-state index is 0.00469. The van der Waals surface area contributed by atoms with Crippen molar-refractivity contribution >= 4 is 34.4 Å². The summed E-state index contributed by atoms with van der Waals surface area (Å²) >= 11 is 6.42. The lowest BCUT2D eigenvalue weighted by Crippen LogP contribution is -2.42. The van der Waals surface area contributed by atoms with Gasteiger partial charge in [0.1, 0.15) is 23.2 Å². The van der Waals surface area contributed by atoms with Crippen molar-refractivity contribution in [3.63, 3.8) is 0 Å². The van der Waals surface area contributed by atoms with Crippen molar-refractivity contribution in [1.82, 2.24) is 10.3 Å². The smallest absolute Gasteiger partial charge is 0.326 e. The number of aromatic nitrogens is 1. The number of carbonyl (C=O) groups excluding carboxylic acids is 1. The van der Waals surface area contributed by atoms with Gasteiger partial charge in [-0.3, -0.25) is 9.78 Å². The van der Waals surface area contributed by atoms with Crippen molar-refractivity contribution in [2.24, 2.45) is 0 Å². The average Bonchev–Trinajstić information content (AvgIpc) is 2.88. The third-order valence-corrected chi connectivity index (χ3v) is 6.01. The first kappa shape index (κ1) is 24.6. The first-order chi connectivity index (χ1) is 17.3. The molecule has 0 aliphatic carbocycles. The van der Waals surface area contributed by atoms with Gasteiger partial charge in [-0.05, 0) is 35.9 Å². The second-order valence-corrected chi connectivity index (χ2v) is 8.27. The summed E-state index contributed by atoms with van der Waals surface area (Å²) in [4.78, 5) is 29.3. The number of methoxy groups -OCH3 is 1. The number of hydrogen-bond acceptors (Lipinski definition) is 5. The molecule has 7 nitrogen and oxygen atoms in total. The number of ether oxygens (including phenoxy) is 1. The summed E-state index contributed by atoms with van der Waals surface area (Å²) in [5.74, 6) is -3.01. The number of carboxylic acids is 1. The largest absolute Gasteiger partial charge is 0.496 e. The third kappa shape index (κ3) is 4.83. The number of benzene rings is 3. The molecule has 1 aromatic heterocycles. The zero-order valence-corrected chi connectivity index (χ0v) is 19.7. The Balaban J connectivity index is 1.70. The minimum atomic E-state index is -1.35. The van der Waals surface area contributed by atoms with Crippen molar-refractivity contribution in [2.75, 3.05) is 7.11 Å². The van der Waals surface area contributed by atoms with E-state index in [1.807, 2.05) is 6.07 Å². The van der Waals surface area contributed by atoms with Crippen molar-refractivity contribution in [2.45, 2.75) is 12.5 Å². The average molecular weight is 504 g/mol. The molecule has 4 rings (SSSR count). The van der Waals surface area contributed by atoms with Crippen LogP contribution in [0.5, 0.6) is 5.75 Å². The molecule has 1 atom stereocenters. The second kappa shape index (κ2) is 10.4. The van der Waals surface area contributed by atoms with E-state index in [1.54, 1.807) is 48.7 Å². The van der Waals surface area contributed by atoms with Gasteiger partial charge in [0.05, 0.1) is 24.3 Å². The fourth-order valence-electron chi connectivity index (χ4n) is 3.98. The summed E-state index contributed by atoms with van der Waals surface area (Å²) in [6, 6.07) is 16.5. The van der Waals surface area contributed by atoms with E-state index in [-0.39, 0.29) is 17.7 Å². The van der Waals surface area contributed by atoms with Gasteiger partial charge in [0, 0.05) is 34.2 Å². The van der Waals surface area contributed by atoms with Crippen LogP contribution in [0, 0.1) is 17.1 Å². The topological polar surface area (TPSA) is 112 Å². The number of nitrogens with zero attached hydrogens (tertiary/aromatic N) is 2. The maximum Gasteiger partial charge on any atom is 0.326 e. The molecule has 0 aliphatic rings. The number of fused-ring (bicyclic) bond motifs is 1. The van der Waals surface area contributed by atoms with Gasteiger partial charge in [-0.25, -0.2) is 9.18 Å². The van der Waals surface area contributed by atoms with Gasteiger partial charge in [0.15, 0.2) is 0 Å². The van der Waals surface area contributed by atoms with Crippen LogP contribution < -0.4 is 10.1 Å². The van der Waals surface area contributed by atoms with E-state index in [4.69, 9.17) is 21.6 Å². The van der Waals surface area contributed by atoms with E-state index in [1.165, 1.54) is 19.2 Å². The van der Waals surface area contributed by atoms with Gasteiger partial charge in [-0.2, -0.15) is 5.26 Å². The zero-order valence-electron chi connectivity index (χ0n) is 19.0. The molecule has 0 saturated heterocycles. The summed E-state index contributed by atoms with van der Waals surface area (Å²) in [5, 5.41) is 22.4. The Labute approximate surface area is 210 Å². The standard InChI is InChI=1S/C27H19ClFN3O4/c1-36-23-6-2-5-21(29)24(23)26(33)32-22(27(34)35)13-16-8-10-19(25-17(16)4-3-11-31-25)18-9-7-15(14-30)12-20(18)28/h2-12,22H,13H2,1H3,(H,32,33)(H,34,35). The molecule has 0 saturated carbocycles. The summed E-state index contributed by atoms with van der Waals surface area (Å²) in [6.45, 7) is 0. The Kier molecular flexibility index (Phi) is 7.13. The molecule has 1 unspecified atom stereocenters. The van der Waals surface area contributed by atoms with Gasteiger partial charge >= 0.3 is 5.97 Å². The highest BCUT2D eigenvalue weighted by molar-refractivity contribution is 6.33. The SMILES string of the molecule is COc1cccc(F)c1C(=O)NC(Cc1ccc(-c2ccc(C#N)cc2Cl)c2ncccc12)C(=O)O. The van der Waals surface area contributed by atoms with E-state index < -0.39 is 23.7 Å². The van der Waals surface area contributed by atoms with E-state index in [9.17, 15) is 19.1 Å². The quantitative estimate of drug-likeness (QED) is 0.367. The zero-order chi connectivity index (χ0) is 25.8. The molecule has 0 radical (unpaired) electrons. The number of amides is 1. The number of carbonyl (C=O) groups is 2. The van der Waals surface area contributed by atoms with Crippen LogP contribution in [-0.2, 0) is 11.2 Å². The van der Waals surface area contributed by atoms with Gasteiger partial charge in [0.25, 0.3) is 5.91 Å². The normalized spacial score (nSPS) is 11.5. The Bertz CT molecular complexity index is 1530. The van der Waals surface area contributed by atoms with Crippen LogP contribution in [0.25, 0.3) is 22.0 Å². The van der Waals surface area contributed by atoms with Crippen molar-refractivity contribution in [3.05, 3.63) is 94.4 Å². The first-order valence-corrected chi connectivity index (χ1v) is 11.1. The Morgan fingerprint density at radius 1 is 1.17 bits per heavy atom. The van der Waals surface area contributed by atoms with E-state index >= 15 is 0 Å². The van der Waals surface area contributed by atoms with Crippen LogP contribution in [0.15, 0.2) is 66.9 Å². The fourth-order valence-corrected chi connectivity index (χ4v) is 4.26. The Morgan fingerprint density at radius 2 is 1.94 bits per heavy atom. The predicted octanol–water partition coefficient (Wildman–Crippen LogP) is 5.00. The monoisotopic (exact) mass is 503 g/mol. The highest BCUT2D eigenvalue weighted by atomic mass is 35.5. The lowest BCUT2D eigenvalue weighted by atomic mass is 9.94. The molecule has 4 aromatic rings. The number of rotatable bonds is 7. The Morgan fingerprint density at radius 3 is 2.64 bits per heavy atom. The minimum Gasteiger partial charge on any atom is -0.496 e. The molecular formula is C27H19ClFN3O4. The Hall–Kier alpha value is -4.48.